The van der Waals surface area contributed by atoms with Crippen molar-refractivity contribution in [3.8, 4) is 0 Å². The Morgan fingerprint density at radius 2 is 1.52 bits per heavy atom. The minimum atomic E-state index is -0.228. The van der Waals surface area contributed by atoms with Crippen LogP contribution < -0.4 is 10.6 Å². The fraction of sp³-hybridized carbons (Fsp3) is 0.391. The van der Waals surface area contributed by atoms with E-state index < -0.39 is 0 Å². The number of amides is 2. The highest BCUT2D eigenvalue weighted by Crippen LogP contribution is 2.31. The van der Waals surface area contributed by atoms with Gasteiger partial charge >= 0.3 is 0 Å². The molecule has 2 N–H and O–H groups in total. The quantitative estimate of drug-likeness (QED) is 0.772. The Morgan fingerprint density at radius 3 is 2.19 bits per heavy atom. The molecule has 0 aliphatic heterocycles. The van der Waals surface area contributed by atoms with Crippen molar-refractivity contribution in [2.24, 2.45) is 5.92 Å². The summed E-state index contributed by atoms with van der Waals surface area (Å²) in [5, 5.41) is 5.84. The molecule has 1 fully saturated rings. The standard InChI is InChI=1S/C23H28N2O2/c26-22(17-24-23(27)20-14-8-3-9-15-20)25-21(19-12-6-2-7-13-19)16-18-10-4-1-5-11-18/h2-3,6-9,12-15,18,21H,1,4-5,10-11,16-17H2,(H,24,27)(H,25,26). The average molecular weight is 364 g/mol. The van der Waals surface area contributed by atoms with E-state index in [1.807, 2.05) is 36.4 Å². The van der Waals surface area contributed by atoms with Crippen LogP contribution in [-0.4, -0.2) is 18.4 Å². The molecule has 2 aromatic carbocycles. The maximum absolute atomic E-state index is 12.5. The van der Waals surface area contributed by atoms with Gasteiger partial charge in [-0.05, 0) is 30.0 Å². The summed E-state index contributed by atoms with van der Waals surface area (Å²) in [6, 6.07) is 19.1. The smallest absolute Gasteiger partial charge is 0.251 e. The maximum atomic E-state index is 12.5. The second kappa shape index (κ2) is 9.91. The normalized spacial score (nSPS) is 15.7. The monoisotopic (exact) mass is 364 g/mol. The lowest BCUT2D eigenvalue weighted by Crippen LogP contribution is -2.39. The van der Waals surface area contributed by atoms with E-state index in [-0.39, 0.29) is 24.4 Å². The van der Waals surface area contributed by atoms with Gasteiger partial charge in [-0.3, -0.25) is 9.59 Å². The molecule has 2 aromatic rings. The van der Waals surface area contributed by atoms with Gasteiger partial charge in [-0.1, -0.05) is 80.6 Å². The largest absolute Gasteiger partial charge is 0.348 e. The average Bonchev–Trinajstić information content (AvgIpc) is 2.73. The van der Waals surface area contributed by atoms with Gasteiger partial charge in [0.05, 0.1) is 12.6 Å². The first-order valence-electron chi connectivity index (χ1n) is 9.90. The minimum absolute atomic E-state index is 0.00423. The van der Waals surface area contributed by atoms with Crippen molar-refractivity contribution in [2.45, 2.75) is 44.6 Å². The first-order valence-corrected chi connectivity index (χ1v) is 9.90. The zero-order valence-corrected chi connectivity index (χ0v) is 15.7. The van der Waals surface area contributed by atoms with Crippen LogP contribution in [0.3, 0.4) is 0 Å². The summed E-state index contributed by atoms with van der Waals surface area (Å²) in [5.74, 6) is 0.279. The van der Waals surface area contributed by atoms with E-state index in [1.54, 1.807) is 12.1 Å². The molecule has 1 unspecified atom stereocenters. The van der Waals surface area contributed by atoms with Crippen LogP contribution in [-0.2, 0) is 4.79 Å². The molecule has 27 heavy (non-hydrogen) atoms. The molecule has 4 heteroatoms. The molecule has 4 nitrogen and oxygen atoms in total. The SMILES string of the molecule is O=C(CNC(=O)c1ccccc1)NC(CC1CCCCC1)c1ccccc1. The molecule has 3 rings (SSSR count). The van der Waals surface area contributed by atoms with Gasteiger partial charge in [-0.15, -0.1) is 0 Å². The molecule has 1 aliphatic rings. The van der Waals surface area contributed by atoms with Crippen molar-refractivity contribution < 1.29 is 9.59 Å². The Balaban J connectivity index is 1.57. The maximum Gasteiger partial charge on any atom is 0.251 e. The van der Waals surface area contributed by atoms with Crippen LogP contribution in [0.1, 0.15) is 60.5 Å². The molecular formula is C23H28N2O2. The van der Waals surface area contributed by atoms with Crippen LogP contribution in [0.4, 0.5) is 0 Å². The van der Waals surface area contributed by atoms with Crippen molar-refractivity contribution in [1.82, 2.24) is 10.6 Å². The summed E-state index contributed by atoms with van der Waals surface area (Å²) in [6.07, 6.45) is 7.33. The van der Waals surface area contributed by atoms with Crippen LogP contribution in [0.15, 0.2) is 60.7 Å². The molecule has 1 saturated carbocycles. The van der Waals surface area contributed by atoms with Crippen molar-refractivity contribution in [1.29, 1.82) is 0 Å². The number of hydrogen-bond acceptors (Lipinski definition) is 2. The van der Waals surface area contributed by atoms with Gasteiger partial charge in [-0.25, -0.2) is 0 Å². The highest BCUT2D eigenvalue weighted by molar-refractivity contribution is 5.96. The summed E-state index contributed by atoms with van der Waals surface area (Å²) >= 11 is 0. The van der Waals surface area contributed by atoms with Gasteiger partial charge in [0.15, 0.2) is 0 Å². The zero-order valence-electron chi connectivity index (χ0n) is 15.7. The van der Waals surface area contributed by atoms with Gasteiger partial charge in [-0.2, -0.15) is 0 Å². The first kappa shape index (κ1) is 19.2. The van der Waals surface area contributed by atoms with Gasteiger partial charge in [0.2, 0.25) is 5.91 Å². The number of hydrogen-bond donors (Lipinski definition) is 2. The van der Waals surface area contributed by atoms with Crippen LogP contribution >= 0.6 is 0 Å². The molecule has 142 valence electrons. The highest BCUT2D eigenvalue weighted by Gasteiger charge is 2.22. The third-order valence-electron chi connectivity index (χ3n) is 5.28. The Kier molecular flexibility index (Phi) is 7.03. The number of carbonyl (C=O) groups is 2. The number of nitrogens with one attached hydrogen (secondary N) is 2. The van der Waals surface area contributed by atoms with E-state index in [4.69, 9.17) is 0 Å². The van der Waals surface area contributed by atoms with Crippen molar-refractivity contribution >= 4 is 11.8 Å². The lowest BCUT2D eigenvalue weighted by atomic mass is 9.83. The molecule has 0 bridgehead atoms. The number of benzene rings is 2. The van der Waals surface area contributed by atoms with Gasteiger partial charge in [0.1, 0.15) is 0 Å². The molecule has 1 aliphatic carbocycles. The van der Waals surface area contributed by atoms with E-state index in [9.17, 15) is 9.59 Å². The van der Waals surface area contributed by atoms with E-state index in [0.29, 0.717) is 11.5 Å². The Hall–Kier alpha value is -2.62. The third-order valence-corrected chi connectivity index (χ3v) is 5.28. The molecule has 1 atom stereocenters. The lowest BCUT2D eigenvalue weighted by Gasteiger charge is -2.27. The molecule has 0 saturated heterocycles. The predicted octanol–water partition coefficient (Wildman–Crippen LogP) is 4.24. The third kappa shape index (κ3) is 5.95. The number of rotatable bonds is 7. The molecule has 0 heterocycles. The molecule has 2 amide bonds. The topological polar surface area (TPSA) is 58.2 Å². The highest BCUT2D eigenvalue weighted by atomic mass is 16.2. The number of carbonyl (C=O) groups excluding carboxylic acids is 2. The van der Waals surface area contributed by atoms with Crippen LogP contribution in [0.2, 0.25) is 0 Å². The second-order valence-electron chi connectivity index (χ2n) is 7.32. The second-order valence-corrected chi connectivity index (χ2v) is 7.32. The Morgan fingerprint density at radius 1 is 0.889 bits per heavy atom. The zero-order chi connectivity index (χ0) is 18.9. The summed E-state index contributed by atoms with van der Waals surface area (Å²) < 4.78 is 0. The summed E-state index contributed by atoms with van der Waals surface area (Å²) in [4.78, 5) is 24.6. The molecule has 0 radical (unpaired) electrons. The van der Waals surface area contributed by atoms with Crippen LogP contribution in [0, 0.1) is 5.92 Å². The fourth-order valence-corrected chi connectivity index (χ4v) is 3.82. The van der Waals surface area contributed by atoms with Crippen molar-refractivity contribution in [3.63, 3.8) is 0 Å². The molecule has 0 aromatic heterocycles. The minimum Gasteiger partial charge on any atom is -0.348 e. The lowest BCUT2D eigenvalue weighted by molar-refractivity contribution is -0.121. The van der Waals surface area contributed by atoms with E-state index in [1.165, 1.54) is 32.1 Å². The summed E-state index contributed by atoms with van der Waals surface area (Å²) in [6.45, 7) is -0.0122. The van der Waals surface area contributed by atoms with E-state index in [2.05, 4.69) is 22.8 Å². The van der Waals surface area contributed by atoms with Gasteiger partial charge in [0, 0.05) is 5.56 Å². The molecular weight excluding hydrogens is 336 g/mol. The van der Waals surface area contributed by atoms with E-state index in [0.717, 1.165) is 12.0 Å². The van der Waals surface area contributed by atoms with Gasteiger partial charge in [0.25, 0.3) is 5.91 Å². The Labute approximate surface area is 161 Å². The molecule has 0 spiro atoms. The van der Waals surface area contributed by atoms with Crippen LogP contribution in [0.25, 0.3) is 0 Å². The van der Waals surface area contributed by atoms with Crippen molar-refractivity contribution in [2.75, 3.05) is 6.54 Å². The predicted molar refractivity (Wildman–Crippen MR) is 107 cm³/mol. The van der Waals surface area contributed by atoms with Crippen LogP contribution in [0.5, 0.6) is 0 Å². The van der Waals surface area contributed by atoms with Gasteiger partial charge < -0.3 is 10.6 Å². The van der Waals surface area contributed by atoms with E-state index >= 15 is 0 Å². The summed E-state index contributed by atoms with van der Waals surface area (Å²) in [7, 11) is 0. The first-order chi connectivity index (χ1) is 13.2. The summed E-state index contributed by atoms with van der Waals surface area (Å²) in [5.41, 5.74) is 1.69. The fourth-order valence-electron chi connectivity index (χ4n) is 3.82. The Bertz CT molecular complexity index is 725. The van der Waals surface area contributed by atoms with Crippen molar-refractivity contribution in [3.05, 3.63) is 71.8 Å².